The van der Waals surface area contributed by atoms with Gasteiger partial charge in [-0.1, -0.05) is 15.9 Å². The number of aryl methyl sites for hydroxylation is 1. The van der Waals surface area contributed by atoms with Crippen molar-refractivity contribution in [2.75, 3.05) is 5.73 Å². The number of aromatic nitrogens is 1. The largest absolute Gasteiger partial charge is 0.399 e. The minimum absolute atomic E-state index is 0.790. The summed E-state index contributed by atoms with van der Waals surface area (Å²) in [6, 6.07) is 10.2. The molecule has 0 aliphatic rings. The zero-order chi connectivity index (χ0) is 13.6. The van der Waals surface area contributed by atoms with Gasteiger partial charge in [0, 0.05) is 15.7 Å². The molecule has 4 heteroatoms. The number of nitrogen functional groups attached to an aromatic ring is 1. The highest BCUT2D eigenvalue weighted by Crippen LogP contribution is 2.35. The number of halogens is 1. The molecule has 0 bridgehead atoms. The normalized spacial score (nSPS) is 11.1. The third kappa shape index (κ3) is 2.26. The number of rotatable bonds is 1. The number of benzene rings is 2. The Balaban J connectivity index is 2.24. The number of thiazole rings is 1. The van der Waals surface area contributed by atoms with E-state index in [-0.39, 0.29) is 0 Å². The van der Waals surface area contributed by atoms with E-state index >= 15 is 0 Å². The van der Waals surface area contributed by atoms with E-state index in [1.807, 2.05) is 24.3 Å². The van der Waals surface area contributed by atoms with Gasteiger partial charge in [-0.05, 0) is 55.3 Å². The van der Waals surface area contributed by atoms with Crippen molar-refractivity contribution in [3.8, 4) is 10.6 Å². The summed E-state index contributed by atoms with van der Waals surface area (Å²) in [7, 11) is 0. The van der Waals surface area contributed by atoms with E-state index in [1.165, 1.54) is 15.8 Å². The molecule has 19 heavy (non-hydrogen) atoms. The standard InChI is InChI=1S/C15H13BrN2S/c1-8-5-11(17)7-12(9(8)2)15-18-13-6-10(16)3-4-14(13)19-15/h3-7H,17H2,1-2H3. The molecule has 3 aromatic rings. The Morgan fingerprint density at radius 3 is 2.74 bits per heavy atom. The van der Waals surface area contributed by atoms with E-state index in [4.69, 9.17) is 10.7 Å². The first kappa shape index (κ1) is 12.6. The predicted octanol–water partition coefficient (Wildman–Crippen LogP) is 4.92. The third-order valence-electron chi connectivity index (χ3n) is 3.27. The summed E-state index contributed by atoms with van der Waals surface area (Å²) in [4.78, 5) is 4.72. The minimum Gasteiger partial charge on any atom is -0.399 e. The molecule has 2 N–H and O–H groups in total. The fraction of sp³-hybridized carbons (Fsp3) is 0.133. The minimum atomic E-state index is 0.790. The van der Waals surface area contributed by atoms with Crippen molar-refractivity contribution in [1.82, 2.24) is 4.98 Å². The van der Waals surface area contributed by atoms with Gasteiger partial charge in [-0.15, -0.1) is 11.3 Å². The molecule has 0 spiro atoms. The van der Waals surface area contributed by atoms with Gasteiger partial charge in [-0.2, -0.15) is 0 Å². The first-order chi connectivity index (χ1) is 9.04. The highest BCUT2D eigenvalue weighted by atomic mass is 79.9. The lowest BCUT2D eigenvalue weighted by atomic mass is 10.0. The monoisotopic (exact) mass is 332 g/mol. The molecule has 96 valence electrons. The van der Waals surface area contributed by atoms with Gasteiger partial charge in [-0.25, -0.2) is 4.98 Å². The highest BCUT2D eigenvalue weighted by molar-refractivity contribution is 9.10. The van der Waals surface area contributed by atoms with Gasteiger partial charge in [0.15, 0.2) is 0 Å². The van der Waals surface area contributed by atoms with E-state index in [0.29, 0.717) is 0 Å². The summed E-state index contributed by atoms with van der Waals surface area (Å²) in [5, 5.41) is 1.03. The van der Waals surface area contributed by atoms with Crippen LogP contribution in [0.25, 0.3) is 20.8 Å². The lowest BCUT2D eigenvalue weighted by molar-refractivity contribution is 1.33. The summed E-state index contributed by atoms with van der Waals surface area (Å²) in [5.74, 6) is 0. The van der Waals surface area contributed by atoms with E-state index in [9.17, 15) is 0 Å². The molecular weight excluding hydrogens is 320 g/mol. The Morgan fingerprint density at radius 1 is 1.16 bits per heavy atom. The molecule has 0 atom stereocenters. The van der Waals surface area contributed by atoms with Crippen molar-refractivity contribution in [3.63, 3.8) is 0 Å². The summed E-state index contributed by atoms with van der Waals surface area (Å²) < 4.78 is 2.25. The van der Waals surface area contributed by atoms with Crippen LogP contribution < -0.4 is 5.73 Å². The van der Waals surface area contributed by atoms with Crippen molar-refractivity contribution < 1.29 is 0 Å². The Morgan fingerprint density at radius 2 is 1.95 bits per heavy atom. The lowest BCUT2D eigenvalue weighted by Gasteiger charge is -2.07. The Kier molecular flexibility index (Phi) is 3.07. The second-order valence-corrected chi connectivity index (χ2v) is 6.59. The molecule has 1 heterocycles. The fourth-order valence-electron chi connectivity index (χ4n) is 2.13. The molecule has 3 rings (SSSR count). The molecule has 0 unspecified atom stereocenters. The molecule has 0 aliphatic carbocycles. The zero-order valence-corrected chi connectivity index (χ0v) is 13.1. The summed E-state index contributed by atoms with van der Waals surface area (Å²) >= 11 is 5.18. The molecule has 0 aliphatic heterocycles. The van der Waals surface area contributed by atoms with Crippen LogP contribution in [-0.4, -0.2) is 4.98 Å². The van der Waals surface area contributed by atoms with E-state index in [2.05, 4.69) is 35.8 Å². The molecule has 0 saturated carbocycles. The van der Waals surface area contributed by atoms with Gasteiger partial charge >= 0.3 is 0 Å². The van der Waals surface area contributed by atoms with Gasteiger partial charge < -0.3 is 5.73 Å². The van der Waals surface area contributed by atoms with Crippen molar-refractivity contribution >= 4 is 43.2 Å². The quantitative estimate of drug-likeness (QED) is 0.642. The lowest BCUT2D eigenvalue weighted by Crippen LogP contribution is -1.92. The van der Waals surface area contributed by atoms with Gasteiger partial charge in [-0.3, -0.25) is 0 Å². The summed E-state index contributed by atoms with van der Waals surface area (Å²) in [5.41, 5.74) is 11.3. The van der Waals surface area contributed by atoms with Gasteiger partial charge in [0.2, 0.25) is 0 Å². The second kappa shape index (κ2) is 4.62. The Bertz CT molecular complexity index is 777. The molecular formula is C15H13BrN2S. The third-order valence-corrected chi connectivity index (χ3v) is 4.83. The summed E-state index contributed by atoms with van der Waals surface area (Å²) in [6.45, 7) is 4.20. The van der Waals surface area contributed by atoms with E-state index in [1.54, 1.807) is 11.3 Å². The number of anilines is 1. The zero-order valence-electron chi connectivity index (χ0n) is 10.7. The van der Waals surface area contributed by atoms with E-state index < -0.39 is 0 Å². The maximum absolute atomic E-state index is 5.95. The number of nitrogens with zero attached hydrogens (tertiary/aromatic N) is 1. The Labute approximate surface area is 124 Å². The van der Waals surface area contributed by atoms with Crippen LogP contribution in [0.1, 0.15) is 11.1 Å². The second-order valence-electron chi connectivity index (χ2n) is 4.64. The molecule has 2 aromatic carbocycles. The van der Waals surface area contributed by atoms with Crippen LogP contribution in [0, 0.1) is 13.8 Å². The van der Waals surface area contributed by atoms with Crippen LogP contribution in [0.5, 0.6) is 0 Å². The van der Waals surface area contributed by atoms with Crippen LogP contribution in [0.4, 0.5) is 5.69 Å². The van der Waals surface area contributed by atoms with Crippen molar-refractivity contribution in [2.24, 2.45) is 0 Å². The highest BCUT2D eigenvalue weighted by Gasteiger charge is 2.11. The molecule has 0 saturated heterocycles. The van der Waals surface area contributed by atoms with Crippen LogP contribution >= 0.6 is 27.3 Å². The first-order valence-corrected chi connectivity index (χ1v) is 7.59. The fourth-order valence-corrected chi connectivity index (χ4v) is 3.49. The number of fused-ring (bicyclic) bond motifs is 1. The average molecular weight is 333 g/mol. The van der Waals surface area contributed by atoms with Gasteiger partial charge in [0.1, 0.15) is 5.01 Å². The Hall–Kier alpha value is -1.39. The average Bonchev–Trinajstić information content (AvgIpc) is 2.76. The number of hydrogen-bond acceptors (Lipinski definition) is 3. The van der Waals surface area contributed by atoms with Crippen molar-refractivity contribution in [1.29, 1.82) is 0 Å². The van der Waals surface area contributed by atoms with Gasteiger partial charge in [0.05, 0.1) is 10.2 Å². The molecule has 0 radical (unpaired) electrons. The van der Waals surface area contributed by atoms with Crippen LogP contribution in [0.2, 0.25) is 0 Å². The van der Waals surface area contributed by atoms with Crippen LogP contribution in [0.3, 0.4) is 0 Å². The number of nitrogens with two attached hydrogens (primary N) is 1. The maximum atomic E-state index is 5.95. The first-order valence-electron chi connectivity index (χ1n) is 5.98. The van der Waals surface area contributed by atoms with Crippen molar-refractivity contribution in [2.45, 2.75) is 13.8 Å². The SMILES string of the molecule is Cc1cc(N)cc(-c2nc3cc(Br)ccc3s2)c1C. The van der Waals surface area contributed by atoms with Crippen LogP contribution in [-0.2, 0) is 0 Å². The topological polar surface area (TPSA) is 38.9 Å². The molecule has 0 amide bonds. The smallest absolute Gasteiger partial charge is 0.124 e. The molecule has 2 nitrogen and oxygen atoms in total. The molecule has 0 fully saturated rings. The summed E-state index contributed by atoms with van der Waals surface area (Å²) in [6.07, 6.45) is 0. The van der Waals surface area contributed by atoms with E-state index in [0.717, 1.165) is 26.2 Å². The maximum Gasteiger partial charge on any atom is 0.124 e. The van der Waals surface area contributed by atoms with Crippen molar-refractivity contribution in [3.05, 3.63) is 45.9 Å². The molecule has 1 aromatic heterocycles. The number of hydrogen-bond donors (Lipinski definition) is 1. The van der Waals surface area contributed by atoms with Crippen LogP contribution in [0.15, 0.2) is 34.8 Å². The van der Waals surface area contributed by atoms with Gasteiger partial charge in [0.25, 0.3) is 0 Å². The predicted molar refractivity (Wildman–Crippen MR) is 86.6 cm³/mol.